The first-order valence-corrected chi connectivity index (χ1v) is 5.96. The zero-order valence-electron chi connectivity index (χ0n) is 11.1. The van der Waals surface area contributed by atoms with Gasteiger partial charge in [-0.15, -0.1) is 0 Å². The maximum absolute atomic E-state index is 11.8. The zero-order valence-corrected chi connectivity index (χ0v) is 11.1. The molecule has 2 rings (SSSR count). The van der Waals surface area contributed by atoms with E-state index in [1.807, 2.05) is 6.07 Å². The number of esters is 1. The van der Waals surface area contributed by atoms with Crippen LogP contribution in [-0.2, 0) is 9.53 Å². The minimum absolute atomic E-state index is 0.121. The van der Waals surface area contributed by atoms with Crippen molar-refractivity contribution >= 4 is 22.8 Å². The lowest BCUT2D eigenvalue weighted by atomic mass is 10.2. The van der Waals surface area contributed by atoms with E-state index in [0.717, 1.165) is 5.39 Å². The Hall–Kier alpha value is -2.63. The SMILES string of the molecule is COc1ccc2nc(C(=O)OC(C)C(N)=O)ccc2c1. The third kappa shape index (κ3) is 2.85. The van der Waals surface area contributed by atoms with Gasteiger partial charge in [0.05, 0.1) is 12.6 Å². The predicted octanol–water partition coefficient (Wildman–Crippen LogP) is 1.27. The smallest absolute Gasteiger partial charge is 0.357 e. The Balaban J connectivity index is 2.27. The number of aromatic nitrogens is 1. The summed E-state index contributed by atoms with van der Waals surface area (Å²) in [6.07, 6.45) is -0.990. The first-order chi connectivity index (χ1) is 9.51. The molecule has 6 heteroatoms. The number of nitrogens with zero attached hydrogens (tertiary/aromatic N) is 1. The maximum atomic E-state index is 11.8. The van der Waals surface area contributed by atoms with Gasteiger partial charge in [-0.2, -0.15) is 0 Å². The second-order valence-corrected chi connectivity index (χ2v) is 4.21. The molecule has 2 aromatic rings. The molecule has 1 aromatic carbocycles. The molecular formula is C14H14N2O4. The number of rotatable bonds is 4. The number of methoxy groups -OCH3 is 1. The van der Waals surface area contributed by atoms with Gasteiger partial charge in [0.25, 0.3) is 5.91 Å². The summed E-state index contributed by atoms with van der Waals surface area (Å²) >= 11 is 0. The second kappa shape index (κ2) is 5.56. The molecular weight excluding hydrogens is 260 g/mol. The van der Waals surface area contributed by atoms with E-state index in [1.54, 1.807) is 25.3 Å². The van der Waals surface area contributed by atoms with Gasteiger partial charge in [-0.1, -0.05) is 6.07 Å². The van der Waals surface area contributed by atoms with Crippen molar-refractivity contribution < 1.29 is 19.1 Å². The Labute approximate surface area is 115 Å². The molecule has 6 nitrogen and oxygen atoms in total. The highest BCUT2D eigenvalue weighted by molar-refractivity contribution is 5.93. The fourth-order valence-corrected chi connectivity index (χ4v) is 1.62. The molecule has 20 heavy (non-hydrogen) atoms. The molecule has 0 spiro atoms. The van der Waals surface area contributed by atoms with Crippen LogP contribution in [0.5, 0.6) is 5.75 Å². The van der Waals surface area contributed by atoms with E-state index in [9.17, 15) is 9.59 Å². The van der Waals surface area contributed by atoms with Gasteiger partial charge in [-0.05, 0) is 31.2 Å². The summed E-state index contributed by atoms with van der Waals surface area (Å²) in [5.41, 5.74) is 5.79. The van der Waals surface area contributed by atoms with Crippen LogP contribution in [0.1, 0.15) is 17.4 Å². The summed E-state index contributed by atoms with van der Waals surface area (Å²) in [5.74, 6) is -0.685. The van der Waals surface area contributed by atoms with Gasteiger partial charge < -0.3 is 15.2 Å². The van der Waals surface area contributed by atoms with Crippen LogP contribution in [0.25, 0.3) is 10.9 Å². The van der Waals surface area contributed by atoms with E-state index >= 15 is 0 Å². The standard InChI is InChI=1S/C14H14N2O4/c1-8(13(15)17)20-14(18)12-5-3-9-7-10(19-2)4-6-11(9)16-12/h3-8H,1-2H3,(H2,15,17). The van der Waals surface area contributed by atoms with Gasteiger partial charge >= 0.3 is 5.97 Å². The zero-order chi connectivity index (χ0) is 14.7. The third-order valence-corrected chi connectivity index (χ3v) is 2.79. The van der Waals surface area contributed by atoms with Gasteiger partial charge in [0.1, 0.15) is 11.4 Å². The van der Waals surface area contributed by atoms with Gasteiger partial charge in [0, 0.05) is 5.39 Å². The molecule has 1 heterocycles. The van der Waals surface area contributed by atoms with Crippen LogP contribution in [0, 0.1) is 0 Å². The molecule has 0 aliphatic carbocycles. The summed E-state index contributed by atoms with van der Waals surface area (Å²) in [4.78, 5) is 26.8. The van der Waals surface area contributed by atoms with Gasteiger partial charge in [0.15, 0.2) is 6.10 Å². The van der Waals surface area contributed by atoms with E-state index in [2.05, 4.69) is 4.98 Å². The molecule has 1 amide bonds. The summed E-state index contributed by atoms with van der Waals surface area (Å²) in [6.45, 7) is 1.41. The topological polar surface area (TPSA) is 91.5 Å². The number of carbonyl (C=O) groups is 2. The molecule has 1 aromatic heterocycles. The minimum atomic E-state index is -0.990. The van der Waals surface area contributed by atoms with E-state index in [4.69, 9.17) is 15.2 Å². The van der Waals surface area contributed by atoms with Crippen molar-refractivity contribution in [3.05, 3.63) is 36.0 Å². The number of carbonyl (C=O) groups excluding carboxylic acids is 2. The largest absolute Gasteiger partial charge is 0.497 e. The Morgan fingerprint density at radius 1 is 1.25 bits per heavy atom. The monoisotopic (exact) mass is 274 g/mol. The average Bonchev–Trinajstić information content (AvgIpc) is 2.45. The Morgan fingerprint density at radius 3 is 2.65 bits per heavy atom. The second-order valence-electron chi connectivity index (χ2n) is 4.21. The Morgan fingerprint density at radius 2 is 2.00 bits per heavy atom. The van der Waals surface area contributed by atoms with Gasteiger partial charge in [-0.25, -0.2) is 9.78 Å². The number of benzene rings is 1. The summed E-state index contributed by atoms with van der Waals surface area (Å²) in [6, 6.07) is 8.55. The lowest BCUT2D eigenvalue weighted by Crippen LogP contribution is -2.30. The van der Waals surface area contributed by atoms with Crippen LogP contribution < -0.4 is 10.5 Å². The molecule has 0 saturated carbocycles. The van der Waals surface area contributed by atoms with Crippen LogP contribution >= 0.6 is 0 Å². The highest BCUT2D eigenvalue weighted by Gasteiger charge is 2.17. The number of hydrogen-bond donors (Lipinski definition) is 1. The van der Waals surface area contributed by atoms with Crippen LogP contribution in [0.15, 0.2) is 30.3 Å². The molecule has 0 radical (unpaired) electrons. The molecule has 2 N–H and O–H groups in total. The number of nitrogens with two attached hydrogens (primary N) is 1. The van der Waals surface area contributed by atoms with Crippen molar-refractivity contribution in [3.8, 4) is 5.75 Å². The van der Waals surface area contributed by atoms with E-state index in [-0.39, 0.29) is 5.69 Å². The first-order valence-electron chi connectivity index (χ1n) is 5.96. The number of hydrogen-bond acceptors (Lipinski definition) is 5. The fourth-order valence-electron chi connectivity index (χ4n) is 1.62. The van der Waals surface area contributed by atoms with Gasteiger partial charge in [0.2, 0.25) is 0 Å². The molecule has 104 valence electrons. The highest BCUT2D eigenvalue weighted by Crippen LogP contribution is 2.19. The molecule has 0 saturated heterocycles. The number of fused-ring (bicyclic) bond motifs is 1. The van der Waals surface area contributed by atoms with E-state index < -0.39 is 18.0 Å². The summed E-state index contributed by atoms with van der Waals surface area (Å²) < 4.78 is 10.00. The van der Waals surface area contributed by atoms with E-state index in [0.29, 0.717) is 11.3 Å². The lowest BCUT2D eigenvalue weighted by molar-refractivity contribution is -0.125. The Kier molecular flexibility index (Phi) is 3.84. The van der Waals surface area contributed by atoms with Crippen LogP contribution in [0.2, 0.25) is 0 Å². The van der Waals surface area contributed by atoms with Crippen LogP contribution in [-0.4, -0.2) is 30.1 Å². The van der Waals surface area contributed by atoms with Crippen molar-refractivity contribution in [2.75, 3.05) is 7.11 Å². The third-order valence-electron chi connectivity index (χ3n) is 2.79. The van der Waals surface area contributed by atoms with Gasteiger partial charge in [-0.3, -0.25) is 4.79 Å². The molecule has 0 aliphatic heterocycles. The summed E-state index contributed by atoms with van der Waals surface area (Å²) in [7, 11) is 1.57. The number of pyridine rings is 1. The molecule has 1 atom stereocenters. The van der Waals surface area contributed by atoms with Crippen molar-refractivity contribution in [3.63, 3.8) is 0 Å². The maximum Gasteiger partial charge on any atom is 0.357 e. The predicted molar refractivity (Wildman–Crippen MR) is 72.4 cm³/mol. The Bertz CT molecular complexity index is 669. The summed E-state index contributed by atoms with van der Waals surface area (Å²) in [5, 5.41) is 0.837. The minimum Gasteiger partial charge on any atom is -0.497 e. The van der Waals surface area contributed by atoms with Crippen LogP contribution in [0.4, 0.5) is 0 Å². The normalized spacial score (nSPS) is 11.9. The number of primary amides is 1. The highest BCUT2D eigenvalue weighted by atomic mass is 16.5. The van der Waals surface area contributed by atoms with Crippen molar-refractivity contribution in [2.24, 2.45) is 5.73 Å². The van der Waals surface area contributed by atoms with E-state index in [1.165, 1.54) is 13.0 Å². The molecule has 0 aliphatic rings. The van der Waals surface area contributed by atoms with Crippen molar-refractivity contribution in [2.45, 2.75) is 13.0 Å². The van der Waals surface area contributed by atoms with Crippen molar-refractivity contribution in [1.29, 1.82) is 0 Å². The number of ether oxygens (including phenoxy) is 2. The molecule has 1 unspecified atom stereocenters. The molecule has 0 bridgehead atoms. The first kappa shape index (κ1) is 13.8. The fraction of sp³-hybridized carbons (Fsp3) is 0.214. The van der Waals surface area contributed by atoms with Crippen LogP contribution in [0.3, 0.4) is 0 Å². The quantitative estimate of drug-likeness (QED) is 0.848. The van der Waals surface area contributed by atoms with Crippen molar-refractivity contribution in [1.82, 2.24) is 4.98 Å². The average molecular weight is 274 g/mol. The molecule has 0 fully saturated rings. The lowest BCUT2D eigenvalue weighted by Gasteiger charge is -2.09. The number of amides is 1.